The zero-order valence-corrected chi connectivity index (χ0v) is 25.5. The van der Waals surface area contributed by atoms with Crippen LogP contribution < -0.4 is 15.6 Å². The highest BCUT2D eigenvalue weighted by atomic mass is 32.2. The van der Waals surface area contributed by atoms with Crippen LogP contribution in [0.5, 0.6) is 0 Å². The van der Waals surface area contributed by atoms with Crippen molar-refractivity contribution in [1.82, 2.24) is 19.4 Å². The first-order chi connectivity index (χ1) is 20.4. The van der Waals surface area contributed by atoms with Crippen LogP contribution in [0.4, 0.5) is 20.4 Å². The molecule has 9 nitrogen and oxygen atoms in total. The Morgan fingerprint density at radius 3 is 2.35 bits per heavy atom. The lowest BCUT2D eigenvalue weighted by atomic mass is 9.91. The lowest BCUT2D eigenvalue weighted by Gasteiger charge is -2.33. The van der Waals surface area contributed by atoms with E-state index in [1.807, 2.05) is 13.8 Å². The average molecular weight is 611 g/mol. The number of nitrogens with one attached hydrogen (secondary N) is 2. The number of hydrogen-bond acceptors (Lipinski definition) is 7. The van der Waals surface area contributed by atoms with Crippen molar-refractivity contribution in [3.05, 3.63) is 82.3 Å². The normalized spacial score (nSPS) is 17.5. The van der Waals surface area contributed by atoms with Gasteiger partial charge in [-0.15, -0.1) is 0 Å². The minimum absolute atomic E-state index is 0.240. The molecule has 1 aliphatic rings. The molecule has 4 aromatic rings. The summed E-state index contributed by atoms with van der Waals surface area (Å²) in [4.78, 5) is 25.2. The van der Waals surface area contributed by atoms with E-state index in [0.29, 0.717) is 34.2 Å². The molecule has 1 aliphatic carbocycles. The second kappa shape index (κ2) is 12.4. The zero-order chi connectivity index (χ0) is 30.9. The fraction of sp³-hybridized carbons (Fsp3) is 0.387. The quantitative estimate of drug-likeness (QED) is 0.256. The highest BCUT2D eigenvalue weighted by molar-refractivity contribution is 7.91. The number of pyridine rings is 1. The summed E-state index contributed by atoms with van der Waals surface area (Å²) in [5, 5.41) is 4.06. The molecule has 0 radical (unpaired) electrons. The average Bonchev–Trinajstić information content (AvgIpc) is 2.95. The predicted molar refractivity (Wildman–Crippen MR) is 166 cm³/mol. The van der Waals surface area contributed by atoms with E-state index in [9.17, 15) is 17.6 Å². The number of halogens is 2. The number of fused-ring (bicyclic) bond motifs is 1. The number of hydrogen-bond donors (Lipinski definition) is 2. The van der Waals surface area contributed by atoms with Crippen LogP contribution in [0, 0.1) is 11.6 Å². The molecule has 2 heterocycles. The van der Waals surface area contributed by atoms with Gasteiger partial charge in [-0.2, -0.15) is 4.98 Å². The molecule has 1 saturated carbocycles. The van der Waals surface area contributed by atoms with Crippen LogP contribution in [0.1, 0.15) is 51.1 Å². The Labute approximate surface area is 250 Å². The highest BCUT2D eigenvalue weighted by Crippen LogP contribution is 2.28. The van der Waals surface area contributed by atoms with Gasteiger partial charge in [0, 0.05) is 35.3 Å². The molecule has 0 unspecified atom stereocenters. The van der Waals surface area contributed by atoms with Crippen LogP contribution in [0.15, 0.2) is 59.5 Å². The number of aromatic nitrogens is 3. The zero-order valence-electron chi connectivity index (χ0n) is 24.6. The molecule has 43 heavy (non-hydrogen) atoms. The summed E-state index contributed by atoms with van der Waals surface area (Å²) in [6.07, 6.45) is 5.84. The lowest BCUT2D eigenvalue weighted by molar-refractivity contribution is 0.221. The van der Waals surface area contributed by atoms with Crippen molar-refractivity contribution >= 4 is 32.7 Å². The summed E-state index contributed by atoms with van der Waals surface area (Å²) in [5.41, 5.74) is 0.770. The Morgan fingerprint density at radius 1 is 1.02 bits per heavy atom. The molecule has 0 aliphatic heterocycles. The van der Waals surface area contributed by atoms with Gasteiger partial charge in [0.1, 0.15) is 17.3 Å². The summed E-state index contributed by atoms with van der Waals surface area (Å²) in [7, 11) is 0.227. The van der Waals surface area contributed by atoms with Crippen molar-refractivity contribution in [3.63, 3.8) is 0 Å². The molecule has 2 aromatic carbocycles. The van der Waals surface area contributed by atoms with Crippen molar-refractivity contribution in [2.24, 2.45) is 0 Å². The number of sulfonamides is 1. The SMILES string of the molecule is CC(C)n1c(=O)c(-c2ccc(NS(=O)(=O)Cc3ccc(F)cc3)c(F)c2)cc2cnc(N[C@H]3CC[C@H](N(C)C)CC3)nc21. The molecular weight excluding hydrogens is 574 g/mol. The highest BCUT2D eigenvalue weighted by Gasteiger charge is 2.24. The number of anilines is 2. The molecule has 0 saturated heterocycles. The third-order valence-corrected chi connectivity index (χ3v) is 9.11. The van der Waals surface area contributed by atoms with Crippen LogP contribution in [0.2, 0.25) is 0 Å². The third-order valence-electron chi connectivity index (χ3n) is 7.87. The van der Waals surface area contributed by atoms with Gasteiger partial charge in [-0.25, -0.2) is 22.2 Å². The summed E-state index contributed by atoms with van der Waals surface area (Å²) in [5.74, 6) is -1.31. The summed E-state index contributed by atoms with van der Waals surface area (Å²) < 4.78 is 57.4. The van der Waals surface area contributed by atoms with E-state index in [-0.39, 0.29) is 28.9 Å². The van der Waals surface area contributed by atoms with Crippen LogP contribution in [0.3, 0.4) is 0 Å². The molecule has 5 rings (SSSR count). The van der Waals surface area contributed by atoms with Crippen LogP contribution in [-0.4, -0.2) is 54.0 Å². The standard InChI is InChI=1S/C31H36F2N6O3S/c1-19(2)39-29-22(17-34-31(36-29)35-24-10-12-25(13-11-24)38(3)4)15-26(30(39)40)21-7-14-28(27(33)16-21)37-43(41,42)18-20-5-8-23(32)9-6-20/h5-9,14-17,19,24-25,37H,10-13,18H2,1-4H3,(H,34,35,36)/t24-,25-. The first-order valence-electron chi connectivity index (χ1n) is 14.3. The Morgan fingerprint density at radius 2 is 1.72 bits per heavy atom. The third kappa shape index (κ3) is 7.02. The lowest BCUT2D eigenvalue weighted by Crippen LogP contribution is -2.36. The van der Waals surface area contributed by atoms with Gasteiger partial charge in [0.15, 0.2) is 0 Å². The van der Waals surface area contributed by atoms with Gasteiger partial charge in [-0.3, -0.25) is 14.1 Å². The summed E-state index contributed by atoms with van der Waals surface area (Å²) >= 11 is 0. The predicted octanol–water partition coefficient (Wildman–Crippen LogP) is 5.54. The summed E-state index contributed by atoms with van der Waals surface area (Å²) in [6, 6.07) is 11.1. The number of rotatable bonds is 9. The second-order valence-electron chi connectivity index (χ2n) is 11.6. The maximum Gasteiger partial charge on any atom is 0.260 e. The van der Waals surface area contributed by atoms with Gasteiger partial charge in [0.05, 0.1) is 11.4 Å². The van der Waals surface area contributed by atoms with Crippen molar-refractivity contribution in [3.8, 4) is 11.1 Å². The van der Waals surface area contributed by atoms with Crippen LogP contribution >= 0.6 is 0 Å². The molecule has 0 bridgehead atoms. The maximum absolute atomic E-state index is 15.2. The molecule has 0 amide bonds. The maximum atomic E-state index is 15.2. The molecule has 228 valence electrons. The fourth-order valence-electron chi connectivity index (χ4n) is 5.56. The largest absolute Gasteiger partial charge is 0.351 e. The van der Waals surface area contributed by atoms with E-state index >= 15 is 4.39 Å². The Hall–Kier alpha value is -3.90. The minimum atomic E-state index is -3.98. The molecule has 2 N–H and O–H groups in total. The van der Waals surface area contributed by atoms with Gasteiger partial charge in [0.2, 0.25) is 16.0 Å². The molecule has 12 heteroatoms. The van der Waals surface area contributed by atoms with Crippen molar-refractivity contribution in [2.45, 2.75) is 63.4 Å². The number of benzene rings is 2. The van der Waals surface area contributed by atoms with Gasteiger partial charge >= 0.3 is 0 Å². The topological polar surface area (TPSA) is 109 Å². The molecule has 2 aromatic heterocycles. The Kier molecular flexibility index (Phi) is 8.79. The Balaban J connectivity index is 1.40. The second-order valence-corrected chi connectivity index (χ2v) is 13.3. The molecule has 0 spiro atoms. The van der Waals surface area contributed by atoms with Crippen LogP contribution in [-0.2, 0) is 15.8 Å². The van der Waals surface area contributed by atoms with E-state index in [4.69, 9.17) is 4.98 Å². The van der Waals surface area contributed by atoms with Crippen molar-refractivity contribution in [1.29, 1.82) is 0 Å². The monoisotopic (exact) mass is 610 g/mol. The van der Waals surface area contributed by atoms with E-state index in [1.165, 1.54) is 24.3 Å². The van der Waals surface area contributed by atoms with Crippen molar-refractivity contribution < 1.29 is 17.2 Å². The van der Waals surface area contributed by atoms with Gasteiger partial charge in [-0.05, 0) is 95.1 Å². The molecule has 1 fully saturated rings. The Bertz CT molecular complexity index is 1780. The van der Waals surface area contributed by atoms with Gasteiger partial charge in [-0.1, -0.05) is 18.2 Å². The summed E-state index contributed by atoms with van der Waals surface area (Å²) in [6.45, 7) is 3.75. The number of nitrogens with zero attached hydrogens (tertiary/aromatic N) is 4. The van der Waals surface area contributed by atoms with E-state index in [2.05, 4.69) is 34.0 Å². The molecular formula is C31H36F2N6O3S. The van der Waals surface area contributed by atoms with Gasteiger partial charge < -0.3 is 10.2 Å². The van der Waals surface area contributed by atoms with E-state index in [1.54, 1.807) is 16.8 Å². The smallest absolute Gasteiger partial charge is 0.260 e. The van der Waals surface area contributed by atoms with Gasteiger partial charge in [0.25, 0.3) is 5.56 Å². The first-order valence-corrected chi connectivity index (χ1v) is 16.0. The van der Waals surface area contributed by atoms with Crippen LogP contribution in [0.25, 0.3) is 22.2 Å². The minimum Gasteiger partial charge on any atom is -0.351 e. The van der Waals surface area contributed by atoms with E-state index in [0.717, 1.165) is 43.9 Å². The molecule has 0 atom stereocenters. The first kappa shape index (κ1) is 30.6. The van der Waals surface area contributed by atoms with E-state index < -0.39 is 27.4 Å². The van der Waals surface area contributed by atoms with Crippen molar-refractivity contribution in [2.75, 3.05) is 24.1 Å². The fourth-order valence-corrected chi connectivity index (χ4v) is 6.77.